The second-order valence-electron chi connectivity index (χ2n) is 7.79. The molecule has 11 heteroatoms. The van der Waals surface area contributed by atoms with E-state index in [4.69, 9.17) is 16.3 Å². The van der Waals surface area contributed by atoms with Crippen molar-refractivity contribution in [3.05, 3.63) is 17.2 Å². The molecule has 30 heavy (non-hydrogen) atoms. The highest BCUT2D eigenvalue weighted by Crippen LogP contribution is 2.31. The number of rotatable bonds is 3. The van der Waals surface area contributed by atoms with Gasteiger partial charge in [0.1, 0.15) is 16.9 Å². The molecule has 1 fully saturated rings. The van der Waals surface area contributed by atoms with Crippen molar-refractivity contribution >= 4 is 46.2 Å². The Hall–Kier alpha value is -2.38. The van der Waals surface area contributed by atoms with Crippen molar-refractivity contribution < 1.29 is 13.9 Å². The third-order valence-electron chi connectivity index (χ3n) is 4.52. The van der Waals surface area contributed by atoms with Crippen molar-refractivity contribution in [1.82, 2.24) is 19.9 Å². The first-order chi connectivity index (χ1) is 14.1. The molecule has 0 bridgehead atoms. The summed E-state index contributed by atoms with van der Waals surface area (Å²) in [5.41, 5.74) is -0.542. The van der Waals surface area contributed by atoms with E-state index in [1.807, 2.05) is 4.90 Å². The van der Waals surface area contributed by atoms with Gasteiger partial charge in [-0.2, -0.15) is 5.26 Å². The Morgan fingerprint density at radius 2 is 2.17 bits per heavy atom. The molecule has 1 saturated heterocycles. The van der Waals surface area contributed by atoms with Crippen molar-refractivity contribution in [2.75, 3.05) is 30.8 Å². The molecule has 8 nitrogen and oxygen atoms in total. The number of hydrogen-bond acceptors (Lipinski definition) is 8. The molecule has 0 saturated carbocycles. The maximum atomic E-state index is 14.6. The van der Waals surface area contributed by atoms with Gasteiger partial charge in [-0.05, 0) is 27.0 Å². The maximum Gasteiger partial charge on any atom is 0.410 e. The largest absolute Gasteiger partial charge is 0.444 e. The lowest BCUT2D eigenvalue weighted by atomic mass is 10.1. The number of halogens is 2. The summed E-state index contributed by atoms with van der Waals surface area (Å²) in [5.74, 6) is -0.201. The number of thioether (sulfide) groups is 1. The van der Waals surface area contributed by atoms with Crippen LogP contribution in [-0.4, -0.2) is 63.5 Å². The van der Waals surface area contributed by atoms with Crippen molar-refractivity contribution in [1.29, 1.82) is 5.26 Å². The van der Waals surface area contributed by atoms with E-state index in [0.717, 1.165) is 0 Å². The summed E-state index contributed by atoms with van der Waals surface area (Å²) < 4.78 is 20.0. The Kier molecular flexibility index (Phi) is 6.53. The monoisotopic (exact) mass is 452 g/mol. The summed E-state index contributed by atoms with van der Waals surface area (Å²) in [5, 5.41) is 9.84. The minimum atomic E-state index is -0.700. The third-order valence-corrected chi connectivity index (χ3v) is 5.33. The Morgan fingerprint density at radius 3 is 2.80 bits per heavy atom. The number of amides is 1. The van der Waals surface area contributed by atoms with Gasteiger partial charge >= 0.3 is 6.09 Å². The van der Waals surface area contributed by atoms with E-state index in [1.54, 1.807) is 31.9 Å². The molecule has 0 unspecified atom stereocenters. The third kappa shape index (κ3) is 4.68. The van der Waals surface area contributed by atoms with Crippen LogP contribution >= 0.6 is 23.4 Å². The molecular formula is C19H22ClFN6O2S. The van der Waals surface area contributed by atoms with Gasteiger partial charge in [0, 0.05) is 25.8 Å². The van der Waals surface area contributed by atoms with E-state index in [-0.39, 0.29) is 17.1 Å². The quantitative estimate of drug-likeness (QED) is 0.393. The van der Waals surface area contributed by atoms with Gasteiger partial charge in [-0.1, -0.05) is 23.4 Å². The number of anilines is 1. The highest BCUT2D eigenvalue weighted by molar-refractivity contribution is 7.98. The maximum absolute atomic E-state index is 14.6. The summed E-state index contributed by atoms with van der Waals surface area (Å²) in [6.45, 7) is 6.51. The zero-order valence-corrected chi connectivity index (χ0v) is 18.7. The number of carbonyl (C=O) groups is 1. The van der Waals surface area contributed by atoms with Crippen LogP contribution < -0.4 is 4.90 Å². The molecule has 1 atom stereocenters. The molecule has 0 spiro atoms. The SMILES string of the molecule is CSc1nc(N2CCN(C(=O)OC(C)(C)C)[C@@H](CC#N)C2)c2cnc(Cl)c(F)c2n1. The zero-order valence-electron chi connectivity index (χ0n) is 17.1. The summed E-state index contributed by atoms with van der Waals surface area (Å²) in [6.07, 6.45) is 2.91. The first kappa shape index (κ1) is 22.3. The molecule has 3 rings (SSSR count). The van der Waals surface area contributed by atoms with Gasteiger partial charge in [0.15, 0.2) is 16.1 Å². The summed E-state index contributed by atoms with van der Waals surface area (Å²) in [7, 11) is 0. The van der Waals surface area contributed by atoms with Crippen LogP contribution in [0.1, 0.15) is 27.2 Å². The standard InChI is InChI=1S/C19H22ClFN6O2S/c1-19(2,3)29-18(28)27-8-7-26(10-11(27)5-6-22)16-12-9-23-15(20)13(21)14(12)24-17(25-16)30-4/h9,11H,5,7-8,10H2,1-4H3/t11-/m0/s1. The van der Waals surface area contributed by atoms with E-state index in [1.165, 1.54) is 18.0 Å². The average molecular weight is 453 g/mol. The minimum Gasteiger partial charge on any atom is -0.444 e. The number of hydrogen-bond donors (Lipinski definition) is 0. The zero-order chi connectivity index (χ0) is 22.1. The van der Waals surface area contributed by atoms with Gasteiger partial charge < -0.3 is 14.5 Å². The lowest BCUT2D eigenvalue weighted by molar-refractivity contribution is 0.0145. The molecule has 3 heterocycles. The van der Waals surface area contributed by atoms with E-state index in [9.17, 15) is 14.4 Å². The van der Waals surface area contributed by atoms with Gasteiger partial charge in [0.25, 0.3) is 0 Å². The van der Waals surface area contributed by atoms with E-state index >= 15 is 0 Å². The second-order valence-corrected chi connectivity index (χ2v) is 8.93. The number of fused-ring (bicyclic) bond motifs is 1. The molecule has 2 aromatic rings. The molecule has 1 amide bonds. The number of carbonyl (C=O) groups excluding carboxylic acids is 1. The van der Waals surface area contributed by atoms with Crippen LogP contribution in [0.5, 0.6) is 0 Å². The number of pyridine rings is 1. The molecule has 2 aromatic heterocycles. The van der Waals surface area contributed by atoms with Crippen LogP contribution in [0.3, 0.4) is 0 Å². The smallest absolute Gasteiger partial charge is 0.410 e. The van der Waals surface area contributed by atoms with Gasteiger partial charge in [-0.25, -0.2) is 24.1 Å². The average Bonchev–Trinajstić information content (AvgIpc) is 2.69. The lowest BCUT2D eigenvalue weighted by Gasteiger charge is -2.41. The lowest BCUT2D eigenvalue weighted by Crippen LogP contribution is -2.56. The number of nitrogens with zero attached hydrogens (tertiary/aromatic N) is 6. The molecule has 1 aliphatic heterocycles. The van der Waals surface area contributed by atoms with Crippen LogP contribution in [0, 0.1) is 17.1 Å². The predicted octanol–water partition coefficient (Wildman–Crippen LogP) is 3.88. The fraction of sp³-hybridized carbons (Fsp3) is 0.526. The number of aromatic nitrogens is 3. The Balaban J connectivity index is 1.96. The number of piperazine rings is 1. The van der Waals surface area contributed by atoms with E-state index < -0.39 is 23.6 Å². The van der Waals surface area contributed by atoms with Gasteiger partial charge in [-0.3, -0.25) is 0 Å². The van der Waals surface area contributed by atoms with Gasteiger partial charge in [-0.15, -0.1) is 0 Å². The molecule has 0 aromatic carbocycles. The first-order valence-corrected chi connectivity index (χ1v) is 10.9. The highest BCUT2D eigenvalue weighted by Gasteiger charge is 2.34. The van der Waals surface area contributed by atoms with Crippen LogP contribution in [0.4, 0.5) is 15.0 Å². The topological polar surface area (TPSA) is 95.2 Å². The fourth-order valence-corrected chi connectivity index (χ4v) is 3.72. The molecule has 0 radical (unpaired) electrons. The summed E-state index contributed by atoms with van der Waals surface area (Å²) >= 11 is 7.11. The van der Waals surface area contributed by atoms with Gasteiger partial charge in [0.05, 0.1) is 23.9 Å². The van der Waals surface area contributed by atoms with Crippen molar-refractivity contribution in [3.63, 3.8) is 0 Å². The van der Waals surface area contributed by atoms with Crippen LogP contribution in [-0.2, 0) is 4.74 Å². The van der Waals surface area contributed by atoms with Gasteiger partial charge in [0.2, 0.25) is 0 Å². The van der Waals surface area contributed by atoms with Crippen LogP contribution in [0.25, 0.3) is 10.9 Å². The Labute approximate surface area is 183 Å². The molecule has 0 aliphatic carbocycles. The minimum absolute atomic E-state index is 0.0933. The van der Waals surface area contributed by atoms with Crippen molar-refractivity contribution in [2.24, 2.45) is 0 Å². The van der Waals surface area contributed by atoms with Crippen LogP contribution in [0.15, 0.2) is 11.4 Å². The van der Waals surface area contributed by atoms with E-state index in [2.05, 4.69) is 21.0 Å². The fourth-order valence-electron chi connectivity index (χ4n) is 3.22. The molecular weight excluding hydrogens is 431 g/mol. The van der Waals surface area contributed by atoms with Crippen molar-refractivity contribution in [3.8, 4) is 6.07 Å². The Bertz CT molecular complexity index is 1010. The molecule has 0 N–H and O–H groups in total. The second kappa shape index (κ2) is 8.78. The predicted molar refractivity (Wildman–Crippen MR) is 113 cm³/mol. The van der Waals surface area contributed by atoms with Crippen LogP contribution in [0.2, 0.25) is 5.15 Å². The summed E-state index contributed by atoms with van der Waals surface area (Å²) in [6, 6.07) is 1.73. The first-order valence-electron chi connectivity index (χ1n) is 9.32. The summed E-state index contributed by atoms with van der Waals surface area (Å²) in [4.78, 5) is 28.8. The molecule has 1 aliphatic rings. The highest BCUT2D eigenvalue weighted by atomic mass is 35.5. The number of ether oxygens (including phenoxy) is 1. The Morgan fingerprint density at radius 1 is 1.43 bits per heavy atom. The van der Waals surface area contributed by atoms with Crippen molar-refractivity contribution in [2.45, 2.75) is 44.0 Å². The normalized spacial score (nSPS) is 17.2. The van der Waals surface area contributed by atoms with E-state index in [0.29, 0.717) is 36.0 Å². The molecule has 160 valence electrons. The number of nitriles is 1.